The number of ether oxygens (including phenoxy) is 4. The van der Waals surface area contributed by atoms with Crippen LogP contribution >= 0.6 is 0 Å². The van der Waals surface area contributed by atoms with Crippen LogP contribution < -0.4 is 24.3 Å². The molecule has 6 aromatic carbocycles. The van der Waals surface area contributed by atoms with Crippen molar-refractivity contribution in [2.75, 3.05) is 35.0 Å². The number of rotatable bonds is 8. The molecule has 0 saturated carbocycles. The molecule has 0 radical (unpaired) electrons. The molecular formula is C45H45NO4. The smallest absolute Gasteiger partial charge is 0.161 e. The van der Waals surface area contributed by atoms with Crippen LogP contribution in [-0.2, 0) is 25.7 Å². The highest BCUT2D eigenvalue weighted by Gasteiger charge is 2.23. The van der Waals surface area contributed by atoms with Crippen molar-refractivity contribution >= 4 is 27.1 Å². The van der Waals surface area contributed by atoms with Gasteiger partial charge < -0.3 is 24.3 Å². The van der Waals surface area contributed by atoms with Gasteiger partial charge in [0.2, 0.25) is 0 Å². The molecule has 1 aliphatic heterocycles. The Balaban J connectivity index is 0.000000157. The van der Waals surface area contributed by atoms with Crippen molar-refractivity contribution in [3.05, 3.63) is 149 Å². The van der Waals surface area contributed by atoms with E-state index in [0.29, 0.717) is 6.04 Å². The van der Waals surface area contributed by atoms with Gasteiger partial charge in [0.05, 0.1) is 28.4 Å². The second kappa shape index (κ2) is 15.1. The molecule has 50 heavy (non-hydrogen) atoms. The first-order chi connectivity index (χ1) is 24.6. The molecule has 1 atom stereocenters. The summed E-state index contributed by atoms with van der Waals surface area (Å²) in [6.45, 7) is 0.987. The lowest BCUT2D eigenvalue weighted by atomic mass is 9.86. The molecule has 5 heteroatoms. The predicted octanol–water partition coefficient (Wildman–Crippen LogP) is 9.72. The quantitative estimate of drug-likeness (QED) is 0.176. The third-order valence-electron chi connectivity index (χ3n) is 10.0. The number of benzene rings is 6. The highest BCUT2D eigenvalue weighted by molar-refractivity contribution is 5.84. The van der Waals surface area contributed by atoms with Gasteiger partial charge in [-0.1, -0.05) is 91.0 Å². The van der Waals surface area contributed by atoms with E-state index in [2.05, 4.69) is 121 Å². The summed E-state index contributed by atoms with van der Waals surface area (Å²) in [5.41, 5.74) is 9.36. The summed E-state index contributed by atoms with van der Waals surface area (Å²) < 4.78 is 21.9. The Morgan fingerprint density at radius 1 is 0.560 bits per heavy atom. The number of hydrogen-bond acceptors (Lipinski definition) is 5. The number of fused-ring (bicyclic) bond motifs is 4. The minimum Gasteiger partial charge on any atom is -0.493 e. The van der Waals surface area contributed by atoms with Crippen molar-refractivity contribution in [3.8, 4) is 23.0 Å². The fourth-order valence-corrected chi connectivity index (χ4v) is 7.43. The van der Waals surface area contributed by atoms with Gasteiger partial charge in [-0.25, -0.2) is 0 Å². The number of hydrogen-bond donors (Lipinski definition) is 1. The van der Waals surface area contributed by atoms with Crippen LogP contribution in [0.3, 0.4) is 0 Å². The van der Waals surface area contributed by atoms with Crippen LogP contribution in [0, 0.1) is 0 Å². The molecule has 5 nitrogen and oxygen atoms in total. The van der Waals surface area contributed by atoms with Crippen molar-refractivity contribution < 1.29 is 18.9 Å². The average molecular weight is 664 g/mol. The third kappa shape index (κ3) is 7.05. The third-order valence-corrected chi connectivity index (χ3v) is 10.0. The molecule has 1 N–H and O–H groups in total. The Labute approximate surface area is 295 Å². The van der Waals surface area contributed by atoms with Crippen molar-refractivity contribution in [1.29, 1.82) is 0 Å². The molecule has 8 rings (SSSR count). The summed E-state index contributed by atoms with van der Waals surface area (Å²) >= 11 is 0. The standard InChI is InChI=1S/C23H22O2.C22H23NO2/c1-24-22-14-20-9-5-8-19(21(20)15-23(22)25-2)13-16-10-11-17-6-3-4-7-18(17)12-16;1-24-21-13-18-9-10-23-20(19(18)14-22(21)25-2)12-15-7-8-16-5-3-4-6-17(16)11-15/h3-4,6-8,10-12,14-15H,5,9,13H2,1-2H3;3-8,11,13-14,20,23H,9-10,12H2,1-2H3/t;20-/m.1/s1. The van der Waals surface area contributed by atoms with Crippen molar-refractivity contribution in [3.63, 3.8) is 0 Å². The fourth-order valence-electron chi connectivity index (χ4n) is 7.43. The van der Waals surface area contributed by atoms with Crippen LogP contribution in [0.2, 0.25) is 0 Å². The highest BCUT2D eigenvalue weighted by Crippen LogP contribution is 2.39. The van der Waals surface area contributed by atoms with Gasteiger partial charge in [0.15, 0.2) is 23.0 Å². The van der Waals surface area contributed by atoms with E-state index in [1.165, 1.54) is 60.5 Å². The largest absolute Gasteiger partial charge is 0.493 e. The monoisotopic (exact) mass is 663 g/mol. The molecule has 6 aromatic rings. The van der Waals surface area contributed by atoms with Gasteiger partial charge >= 0.3 is 0 Å². The summed E-state index contributed by atoms with van der Waals surface area (Å²) in [4.78, 5) is 0. The molecule has 0 saturated heterocycles. The van der Waals surface area contributed by atoms with Crippen LogP contribution in [0.5, 0.6) is 23.0 Å². The summed E-state index contributed by atoms with van der Waals surface area (Å²) in [5.74, 6) is 3.22. The van der Waals surface area contributed by atoms with Gasteiger partial charge in [-0.15, -0.1) is 0 Å². The summed E-state index contributed by atoms with van der Waals surface area (Å²) in [6.07, 6.45) is 7.41. The molecule has 0 aromatic heterocycles. The molecule has 0 amide bonds. The zero-order chi connectivity index (χ0) is 34.5. The molecular weight excluding hydrogens is 618 g/mol. The highest BCUT2D eigenvalue weighted by atomic mass is 16.5. The van der Waals surface area contributed by atoms with Crippen LogP contribution in [0.25, 0.3) is 27.1 Å². The van der Waals surface area contributed by atoms with E-state index in [4.69, 9.17) is 18.9 Å². The molecule has 0 unspecified atom stereocenters. The van der Waals surface area contributed by atoms with E-state index < -0.39 is 0 Å². The van der Waals surface area contributed by atoms with E-state index in [9.17, 15) is 0 Å². The van der Waals surface area contributed by atoms with E-state index in [1.54, 1.807) is 28.4 Å². The summed E-state index contributed by atoms with van der Waals surface area (Å²) in [5, 5.41) is 8.83. The van der Waals surface area contributed by atoms with Gasteiger partial charge in [0.1, 0.15) is 0 Å². The van der Waals surface area contributed by atoms with Crippen LogP contribution in [0.15, 0.2) is 115 Å². The Hall–Kier alpha value is -5.26. The minimum atomic E-state index is 0.296. The van der Waals surface area contributed by atoms with E-state index >= 15 is 0 Å². The first-order valence-corrected chi connectivity index (χ1v) is 17.4. The van der Waals surface area contributed by atoms with E-state index in [0.717, 1.165) is 61.6 Å². The SMILES string of the molecule is COc1cc2c(cc1OC)C(Cc1ccc3ccccc3c1)=CCC2.COc1cc2c(cc1OC)[C@@H](Cc1ccc3ccccc3c1)NCC2. The van der Waals surface area contributed by atoms with Crippen molar-refractivity contribution in [1.82, 2.24) is 5.32 Å². The molecule has 254 valence electrons. The lowest BCUT2D eigenvalue weighted by molar-refractivity contribution is 0.352. The zero-order valence-electron chi connectivity index (χ0n) is 29.4. The topological polar surface area (TPSA) is 49.0 Å². The van der Waals surface area contributed by atoms with Crippen molar-refractivity contribution in [2.24, 2.45) is 0 Å². The zero-order valence-corrected chi connectivity index (χ0v) is 29.4. The van der Waals surface area contributed by atoms with Gasteiger partial charge in [-0.05, 0) is 123 Å². The van der Waals surface area contributed by atoms with Gasteiger partial charge in [0.25, 0.3) is 0 Å². The molecule has 0 bridgehead atoms. The number of aryl methyl sites for hydroxylation is 1. The van der Waals surface area contributed by atoms with Crippen LogP contribution in [0.1, 0.15) is 45.8 Å². The van der Waals surface area contributed by atoms with Crippen LogP contribution in [-0.4, -0.2) is 35.0 Å². The Bertz CT molecular complexity index is 2170. The van der Waals surface area contributed by atoms with E-state index in [1.807, 2.05) is 0 Å². The molecule has 1 aliphatic carbocycles. The molecule has 2 aliphatic rings. The van der Waals surface area contributed by atoms with E-state index in [-0.39, 0.29) is 0 Å². The summed E-state index contributed by atoms with van der Waals surface area (Å²) in [7, 11) is 6.77. The minimum absolute atomic E-state index is 0.296. The fraction of sp³-hybridized carbons (Fsp3) is 0.244. The molecule has 1 heterocycles. The number of allylic oxidation sites excluding steroid dienone is 2. The second-order valence-corrected chi connectivity index (χ2v) is 13.0. The lowest BCUT2D eigenvalue weighted by Gasteiger charge is -2.28. The molecule has 0 fully saturated rings. The van der Waals surface area contributed by atoms with Gasteiger partial charge in [-0.3, -0.25) is 0 Å². The van der Waals surface area contributed by atoms with Gasteiger partial charge in [0, 0.05) is 6.04 Å². The maximum absolute atomic E-state index is 5.51. The predicted molar refractivity (Wildman–Crippen MR) is 205 cm³/mol. The van der Waals surface area contributed by atoms with Gasteiger partial charge in [-0.2, -0.15) is 0 Å². The Kier molecular flexibility index (Phi) is 10.0. The maximum Gasteiger partial charge on any atom is 0.161 e. The first-order valence-electron chi connectivity index (χ1n) is 17.4. The number of nitrogens with one attached hydrogen (secondary N) is 1. The maximum atomic E-state index is 5.51. The average Bonchev–Trinajstić information content (AvgIpc) is 3.17. The normalized spacial score (nSPS) is 14.9. The summed E-state index contributed by atoms with van der Waals surface area (Å²) in [6, 6.07) is 39.3. The van der Waals surface area contributed by atoms with Crippen LogP contribution in [0.4, 0.5) is 0 Å². The van der Waals surface area contributed by atoms with Crippen molar-refractivity contribution in [2.45, 2.75) is 38.1 Å². The Morgan fingerprint density at radius 2 is 1.12 bits per heavy atom. The first kappa shape index (κ1) is 33.2. The Morgan fingerprint density at radius 3 is 1.78 bits per heavy atom. The second-order valence-electron chi connectivity index (χ2n) is 13.0. The lowest BCUT2D eigenvalue weighted by Crippen LogP contribution is -2.31. The number of methoxy groups -OCH3 is 4. The molecule has 0 spiro atoms.